The predicted octanol–water partition coefficient (Wildman–Crippen LogP) is 0.0877. The zero-order valence-electron chi connectivity index (χ0n) is 13.9. The quantitative estimate of drug-likeness (QED) is 0.655. The topological polar surface area (TPSA) is 114 Å². The van der Waals surface area contributed by atoms with Crippen LogP contribution in [0.5, 0.6) is 0 Å². The number of halogens is 1. The highest BCUT2D eigenvalue weighted by Crippen LogP contribution is 2.40. The summed E-state index contributed by atoms with van der Waals surface area (Å²) >= 11 is 0. The number of anilines is 1. The SMILES string of the molecule is C#C[C@@]1(F)[C@H](O)[C@@H](CO)O[C@@H]1n1ccc(NC(=O)c2ccccc2)nc1=O. The molecule has 8 nitrogen and oxygen atoms in total. The van der Waals surface area contributed by atoms with Crippen LogP contribution in [0.4, 0.5) is 10.2 Å². The number of aliphatic hydroxyl groups is 2. The summed E-state index contributed by atoms with van der Waals surface area (Å²) in [5, 5.41) is 21.6. The Kier molecular flexibility index (Phi) is 5.05. The Bertz CT molecular complexity index is 942. The second kappa shape index (κ2) is 7.28. The van der Waals surface area contributed by atoms with E-state index in [1.165, 1.54) is 6.07 Å². The van der Waals surface area contributed by atoms with E-state index >= 15 is 0 Å². The number of aliphatic hydroxyl groups excluding tert-OH is 2. The normalized spacial score (nSPS) is 27.1. The maximum Gasteiger partial charge on any atom is 0.351 e. The fraction of sp³-hybridized carbons (Fsp3) is 0.278. The average molecular weight is 373 g/mol. The number of ether oxygens (including phenoxy) is 1. The first-order valence-electron chi connectivity index (χ1n) is 7.97. The van der Waals surface area contributed by atoms with Gasteiger partial charge in [-0.05, 0) is 18.2 Å². The molecule has 3 N–H and O–H groups in total. The standard InChI is InChI=1S/C18H16FN3O5/c1-2-18(19)14(24)12(10-23)27-16(18)22-9-8-13(21-17(22)26)20-15(25)11-6-4-3-5-7-11/h1,3-9,12,14,16,23-24H,10H2,(H,20,21,25,26)/t12-,14-,16+,18-/m1/s1. The van der Waals surface area contributed by atoms with Crippen molar-refractivity contribution in [3.05, 3.63) is 58.6 Å². The van der Waals surface area contributed by atoms with Gasteiger partial charge in [0, 0.05) is 11.8 Å². The number of terminal acetylenes is 1. The molecule has 3 rings (SSSR count). The molecule has 27 heavy (non-hydrogen) atoms. The van der Waals surface area contributed by atoms with Gasteiger partial charge in [-0.3, -0.25) is 9.36 Å². The monoisotopic (exact) mass is 373 g/mol. The average Bonchev–Trinajstić information content (AvgIpc) is 2.94. The van der Waals surface area contributed by atoms with Crippen molar-refractivity contribution in [1.29, 1.82) is 0 Å². The molecular weight excluding hydrogens is 357 g/mol. The minimum atomic E-state index is -2.73. The summed E-state index contributed by atoms with van der Waals surface area (Å²) in [6, 6.07) is 9.55. The van der Waals surface area contributed by atoms with E-state index < -0.39 is 42.3 Å². The van der Waals surface area contributed by atoms with Gasteiger partial charge in [-0.1, -0.05) is 24.1 Å². The van der Waals surface area contributed by atoms with E-state index in [9.17, 15) is 24.2 Å². The van der Waals surface area contributed by atoms with Crippen LogP contribution < -0.4 is 11.0 Å². The molecule has 1 aliphatic rings. The van der Waals surface area contributed by atoms with Gasteiger partial charge in [0.15, 0.2) is 6.23 Å². The molecule has 0 radical (unpaired) electrons. The minimum absolute atomic E-state index is 0.0486. The summed E-state index contributed by atoms with van der Waals surface area (Å²) in [5.41, 5.74) is -3.31. The van der Waals surface area contributed by atoms with Crippen molar-refractivity contribution in [2.75, 3.05) is 11.9 Å². The number of hydrogen-bond donors (Lipinski definition) is 3. The summed E-state index contributed by atoms with van der Waals surface area (Å²) in [6.07, 6.45) is 1.53. The number of nitrogens with one attached hydrogen (secondary N) is 1. The molecule has 140 valence electrons. The maximum atomic E-state index is 15.0. The maximum absolute atomic E-state index is 15.0. The number of aromatic nitrogens is 2. The Morgan fingerprint density at radius 2 is 2.11 bits per heavy atom. The van der Waals surface area contributed by atoms with E-state index in [0.29, 0.717) is 5.56 Å². The van der Waals surface area contributed by atoms with Crippen LogP contribution in [-0.4, -0.2) is 50.2 Å². The number of carbonyl (C=O) groups excluding carboxylic acids is 1. The first-order chi connectivity index (χ1) is 12.9. The van der Waals surface area contributed by atoms with E-state index in [1.54, 1.807) is 36.3 Å². The van der Waals surface area contributed by atoms with E-state index in [2.05, 4.69) is 10.3 Å². The number of hydrogen-bond acceptors (Lipinski definition) is 6. The van der Waals surface area contributed by atoms with Gasteiger partial charge in [-0.2, -0.15) is 4.98 Å². The lowest BCUT2D eigenvalue weighted by atomic mass is 9.97. The lowest BCUT2D eigenvalue weighted by Crippen LogP contribution is -2.44. The number of rotatable bonds is 4. The molecule has 0 unspecified atom stereocenters. The summed E-state index contributed by atoms with van der Waals surface area (Å²) in [5.74, 6) is 1.26. The van der Waals surface area contributed by atoms with Crippen LogP contribution >= 0.6 is 0 Å². The summed E-state index contributed by atoms with van der Waals surface area (Å²) in [6.45, 7) is -0.682. The van der Waals surface area contributed by atoms with Gasteiger partial charge >= 0.3 is 5.69 Å². The highest BCUT2D eigenvalue weighted by Gasteiger charge is 2.57. The first kappa shape index (κ1) is 18.7. The number of amides is 1. The van der Waals surface area contributed by atoms with Gasteiger partial charge in [0.2, 0.25) is 5.67 Å². The number of alkyl halides is 1. The predicted molar refractivity (Wildman–Crippen MR) is 92.6 cm³/mol. The molecule has 0 aliphatic carbocycles. The van der Waals surface area contributed by atoms with Gasteiger partial charge in [0.1, 0.15) is 18.0 Å². The number of carbonyl (C=O) groups is 1. The van der Waals surface area contributed by atoms with Gasteiger partial charge < -0.3 is 20.3 Å². The van der Waals surface area contributed by atoms with Crippen molar-refractivity contribution in [2.45, 2.75) is 24.1 Å². The molecule has 0 spiro atoms. The fourth-order valence-corrected chi connectivity index (χ4v) is 2.76. The Hall–Kier alpha value is -3.06. The molecule has 1 amide bonds. The number of benzene rings is 1. The van der Waals surface area contributed by atoms with Crippen molar-refractivity contribution in [1.82, 2.24) is 9.55 Å². The third-order valence-electron chi connectivity index (χ3n) is 4.21. The molecule has 1 aliphatic heterocycles. The molecule has 1 saturated heterocycles. The molecule has 1 fully saturated rings. The highest BCUT2D eigenvalue weighted by atomic mass is 19.1. The van der Waals surface area contributed by atoms with Crippen molar-refractivity contribution >= 4 is 11.7 Å². The lowest BCUT2D eigenvalue weighted by Gasteiger charge is -2.23. The fourth-order valence-electron chi connectivity index (χ4n) is 2.76. The van der Waals surface area contributed by atoms with Gasteiger partial charge in [-0.25, -0.2) is 9.18 Å². The van der Waals surface area contributed by atoms with Crippen molar-refractivity contribution in [3.8, 4) is 12.3 Å². The van der Waals surface area contributed by atoms with Crippen LogP contribution in [0, 0.1) is 12.3 Å². The molecule has 2 aromatic rings. The molecule has 0 bridgehead atoms. The van der Waals surface area contributed by atoms with Crippen molar-refractivity contribution in [2.24, 2.45) is 0 Å². The zero-order valence-corrected chi connectivity index (χ0v) is 13.9. The summed E-state index contributed by atoms with van der Waals surface area (Å²) < 4.78 is 20.9. The summed E-state index contributed by atoms with van der Waals surface area (Å²) in [4.78, 5) is 28.1. The summed E-state index contributed by atoms with van der Waals surface area (Å²) in [7, 11) is 0. The minimum Gasteiger partial charge on any atom is -0.394 e. The van der Waals surface area contributed by atoms with Crippen LogP contribution in [0.2, 0.25) is 0 Å². The highest BCUT2D eigenvalue weighted by molar-refractivity contribution is 6.03. The van der Waals surface area contributed by atoms with Crippen LogP contribution in [0.25, 0.3) is 0 Å². The van der Waals surface area contributed by atoms with Gasteiger partial charge in [0.05, 0.1) is 6.61 Å². The van der Waals surface area contributed by atoms with Crippen LogP contribution in [0.1, 0.15) is 16.6 Å². The number of nitrogens with zero attached hydrogens (tertiary/aromatic N) is 2. The Morgan fingerprint density at radius 1 is 1.41 bits per heavy atom. The second-order valence-electron chi connectivity index (χ2n) is 5.89. The molecular formula is C18H16FN3O5. The Balaban J connectivity index is 1.86. The lowest BCUT2D eigenvalue weighted by molar-refractivity contribution is -0.0542. The second-order valence-corrected chi connectivity index (χ2v) is 5.89. The molecule has 0 saturated carbocycles. The molecule has 2 heterocycles. The van der Waals surface area contributed by atoms with Crippen LogP contribution in [0.3, 0.4) is 0 Å². The van der Waals surface area contributed by atoms with Crippen molar-refractivity contribution in [3.63, 3.8) is 0 Å². The van der Waals surface area contributed by atoms with Gasteiger partial charge in [-0.15, -0.1) is 6.42 Å². The smallest absolute Gasteiger partial charge is 0.351 e. The largest absolute Gasteiger partial charge is 0.394 e. The third-order valence-corrected chi connectivity index (χ3v) is 4.21. The van der Waals surface area contributed by atoms with E-state index in [4.69, 9.17) is 11.2 Å². The van der Waals surface area contributed by atoms with Gasteiger partial charge in [0.25, 0.3) is 5.91 Å². The first-order valence-corrected chi connectivity index (χ1v) is 7.97. The molecule has 4 atom stereocenters. The molecule has 1 aromatic heterocycles. The molecule has 1 aromatic carbocycles. The third kappa shape index (κ3) is 3.33. The van der Waals surface area contributed by atoms with Crippen molar-refractivity contribution < 1.29 is 24.1 Å². The zero-order chi connectivity index (χ0) is 19.6. The van der Waals surface area contributed by atoms with Crippen LogP contribution in [0.15, 0.2) is 47.4 Å². The van der Waals surface area contributed by atoms with E-state index in [0.717, 1.165) is 10.8 Å². The van der Waals surface area contributed by atoms with E-state index in [-0.39, 0.29) is 5.82 Å². The van der Waals surface area contributed by atoms with E-state index in [1.807, 2.05) is 0 Å². The van der Waals surface area contributed by atoms with Crippen LogP contribution in [-0.2, 0) is 4.74 Å². The Morgan fingerprint density at radius 3 is 2.70 bits per heavy atom. The molecule has 9 heteroatoms. The Labute approximate surface area is 153 Å².